The van der Waals surface area contributed by atoms with Crippen LogP contribution in [0.25, 0.3) is 10.9 Å². The van der Waals surface area contributed by atoms with Crippen LogP contribution in [0.1, 0.15) is 24.4 Å². The monoisotopic (exact) mass is 440 g/mol. The molecule has 1 aromatic carbocycles. The van der Waals surface area contributed by atoms with Gasteiger partial charge in [0.2, 0.25) is 0 Å². The van der Waals surface area contributed by atoms with Crippen molar-refractivity contribution in [2.45, 2.75) is 32.1 Å². The van der Waals surface area contributed by atoms with Crippen molar-refractivity contribution < 1.29 is 13.9 Å². The first kappa shape index (κ1) is 17.5. The Labute approximate surface area is 162 Å². The number of esters is 1. The van der Waals surface area contributed by atoms with Crippen molar-refractivity contribution in [2.24, 2.45) is 0 Å². The number of fused-ring (bicyclic) bond motifs is 2. The molecule has 3 heterocycles. The van der Waals surface area contributed by atoms with Crippen LogP contribution in [0.15, 0.2) is 29.1 Å². The van der Waals surface area contributed by atoms with Gasteiger partial charge >= 0.3 is 5.97 Å². The number of alkyl halides is 1. The largest absolute Gasteiger partial charge is 0.464 e. The highest BCUT2D eigenvalue weighted by Crippen LogP contribution is 2.32. The molecule has 1 aliphatic heterocycles. The lowest BCUT2D eigenvalue weighted by molar-refractivity contribution is -0.146. The van der Waals surface area contributed by atoms with Gasteiger partial charge in [-0.25, -0.2) is 14.2 Å². The quantitative estimate of drug-likeness (QED) is 0.579. The molecule has 0 saturated heterocycles. The van der Waals surface area contributed by atoms with Crippen molar-refractivity contribution in [1.82, 2.24) is 19.3 Å². The fourth-order valence-electron chi connectivity index (χ4n) is 3.28. The van der Waals surface area contributed by atoms with E-state index < -0.39 is 18.2 Å². The Balaban J connectivity index is 1.85. The third kappa shape index (κ3) is 2.91. The molecule has 0 amide bonds. The molecule has 136 valence electrons. The maximum absolute atomic E-state index is 13.8. The van der Waals surface area contributed by atoms with Crippen LogP contribution in [0.3, 0.4) is 0 Å². The van der Waals surface area contributed by atoms with Gasteiger partial charge in [0.15, 0.2) is 6.04 Å². The maximum Gasteiger partial charge on any atom is 0.337 e. The number of rotatable bonds is 4. The zero-order valence-electron chi connectivity index (χ0n) is 13.8. The van der Waals surface area contributed by atoms with Gasteiger partial charge in [-0.2, -0.15) is 5.10 Å². The SMILES string of the molecule is CCOC(=O)C(c1ncn2c1CC(F)C2)n1cc2c(Cl)cc(Br)cc2n1. The summed E-state index contributed by atoms with van der Waals surface area (Å²) in [5.74, 6) is -0.487. The number of carbonyl (C=O) groups is 1. The van der Waals surface area contributed by atoms with Crippen LogP contribution in [-0.4, -0.2) is 38.1 Å². The molecular weight excluding hydrogens is 427 g/mol. The van der Waals surface area contributed by atoms with E-state index in [9.17, 15) is 9.18 Å². The molecule has 26 heavy (non-hydrogen) atoms. The summed E-state index contributed by atoms with van der Waals surface area (Å²) in [4.78, 5) is 17.0. The van der Waals surface area contributed by atoms with Crippen molar-refractivity contribution in [3.05, 3.63) is 45.5 Å². The topological polar surface area (TPSA) is 61.9 Å². The highest BCUT2D eigenvalue weighted by atomic mass is 79.9. The molecule has 0 fully saturated rings. The van der Waals surface area contributed by atoms with Gasteiger partial charge < -0.3 is 9.30 Å². The standard InChI is InChI=1S/C17H15BrClFN4O2/c1-2-26-17(25)16(15-14-5-10(20)6-23(14)8-21-15)24-7-11-12(19)3-9(18)4-13(11)22-24/h3-4,7-8,10,16H,2,5-6H2,1H3. The van der Waals surface area contributed by atoms with Gasteiger partial charge in [0.25, 0.3) is 0 Å². The van der Waals surface area contributed by atoms with Gasteiger partial charge in [0.05, 0.1) is 35.7 Å². The maximum atomic E-state index is 13.8. The summed E-state index contributed by atoms with van der Waals surface area (Å²) in [6, 6.07) is 2.69. The van der Waals surface area contributed by atoms with Crippen molar-refractivity contribution >= 4 is 44.4 Å². The smallest absolute Gasteiger partial charge is 0.337 e. The van der Waals surface area contributed by atoms with Crippen LogP contribution in [-0.2, 0) is 22.5 Å². The second kappa shape index (κ2) is 6.66. The summed E-state index contributed by atoms with van der Waals surface area (Å²) in [6.07, 6.45) is 2.50. The minimum atomic E-state index is -0.975. The first-order chi connectivity index (χ1) is 12.5. The number of hydrogen-bond donors (Lipinski definition) is 0. The van der Waals surface area contributed by atoms with Crippen LogP contribution >= 0.6 is 27.5 Å². The zero-order valence-corrected chi connectivity index (χ0v) is 16.2. The Hall–Kier alpha value is -1.93. The minimum Gasteiger partial charge on any atom is -0.464 e. The predicted molar refractivity (Wildman–Crippen MR) is 98.0 cm³/mol. The third-order valence-corrected chi connectivity index (χ3v) is 5.15. The van der Waals surface area contributed by atoms with E-state index in [0.717, 1.165) is 4.47 Å². The molecule has 3 aromatic rings. The summed E-state index contributed by atoms with van der Waals surface area (Å²) in [6.45, 7) is 2.21. The number of ether oxygens (including phenoxy) is 1. The molecule has 2 aromatic heterocycles. The summed E-state index contributed by atoms with van der Waals surface area (Å²) in [5, 5.41) is 5.72. The highest BCUT2D eigenvalue weighted by molar-refractivity contribution is 9.10. The van der Waals surface area contributed by atoms with Crippen molar-refractivity contribution in [3.63, 3.8) is 0 Å². The molecule has 0 spiro atoms. The molecule has 9 heteroatoms. The molecule has 1 aliphatic rings. The van der Waals surface area contributed by atoms with E-state index in [4.69, 9.17) is 16.3 Å². The van der Waals surface area contributed by atoms with Crippen LogP contribution in [0.2, 0.25) is 5.02 Å². The predicted octanol–water partition coefficient (Wildman–Crippen LogP) is 3.70. The van der Waals surface area contributed by atoms with E-state index in [0.29, 0.717) is 27.3 Å². The van der Waals surface area contributed by atoms with Crippen LogP contribution in [0, 0.1) is 0 Å². The number of carbonyl (C=O) groups excluding carboxylic acids is 1. The summed E-state index contributed by atoms with van der Waals surface area (Å²) < 4.78 is 23.1. The van der Waals surface area contributed by atoms with Gasteiger partial charge in [0.1, 0.15) is 6.17 Å². The lowest BCUT2D eigenvalue weighted by Crippen LogP contribution is -2.25. The summed E-state index contributed by atoms with van der Waals surface area (Å²) in [7, 11) is 0. The Bertz CT molecular complexity index is 1000. The fraction of sp³-hybridized carbons (Fsp3) is 0.353. The molecule has 0 N–H and O–H groups in total. The normalized spacial score (nSPS) is 17.5. The Kier molecular flexibility index (Phi) is 4.48. The molecule has 4 rings (SSSR count). The van der Waals surface area contributed by atoms with E-state index >= 15 is 0 Å². The summed E-state index contributed by atoms with van der Waals surface area (Å²) in [5.41, 5.74) is 1.80. The molecule has 2 atom stereocenters. The number of hydrogen-bond acceptors (Lipinski definition) is 4. The van der Waals surface area contributed by atoms with E-state index in [-0.39, 0.29) is 19.6 Å². The lowest BCUT2D eigenvalue weighted by Gasteiger charge is -2.15. The van der Waals surface area contributed by atoms with Crippen LogP contribution in [0.5, 0.6) is 0 Å². The van der Waals surface area contributed by atoms with Gasteiger partial charge in [-0.15, -0.1) is 0 Å². The van der Waals surface area contributed by atoms with Gasteiger partial charge in [-0.3, -0.25) is 4.68 Å². The van der Waals surface area contributed by atoms with Crippen LogP contribution in [0.4, 0.5) is 4.39 Å². The average Bonchev–Trinajstić information content (AvgIpc) is 3.23. The first-order valence-electron chi connectivity index (χ1n) is 8.16. The van der Waals surface area contributed by atoms with Gasteiger partial charge in [-0.1, -0.05) is 27.5 Å². The van der Waals surface area contributed by atoms with Crippen LogP contribution < -0.4 is 0 Å². The van der Waals surface area contributed by atoms with Gasteiger partial charge in [-0.05, 0) is 19.1 Å². The second-order valence-electron chi connectivity index (χ2n) is 6.11. The third-order valence-electron chi connectivity index (χ3n) is 4.38. The Morgan fingerprint density at radius 1 is 1.54 bits per heavy atom. The zero-order chi connectivity index (χ0) is 18.4. The van der Waals surface area contributed by atoms with E-state index in [1.54, 1.807) is 30.1 Å². The Morgan fingerprint density at radius 3 is 3.12 bits per heavy atom. The molecule has 0 bridgehead atoms. The summed E-state index contributed by atoms with van der Waals surface area (Å²) >= 11 is 9.68. The van der Waals surface area contributed by atoms with Crippen molar-refractivity contribution in [2.75, 3.05) is 6.61 Å². The molecule has 0 radical (unpaired) electrons. The lowest BCUT2D eigenvalue weighted by atomic mass is 10.1. The number of benzene rings is 1. The highest BCUT2D eigenvalue weighted by Gasteiger charge is 2.34. The Morgan fingerprint density at radius 2 is 2.35 bits per heavy atom. The number of nitrogens with zero attached hydrogens (tertiary/aromatic N) is 4. The average molecular weight is 442 g/mol. The van der Waals surface area contributed by atoms with Gasteiger partial charge in [0, 0.05) is 28.2 Å². The number of imidazole rings is 1. The molecule has 0 aliphatic carbocycles. The number of halogens is 3. The van der Waals surface area contributed by atoms with E-state index in [2.05, 4.69) is 26.0 Å². The second-order valence-corrected chi connectivity index (χ2v) is 7.44. The fourth-order valence-corrected chi connectivity index (χ4v) is 4.12. The molecular formula is C17H15BrClFN4O2. The van der Waals surface area contributed by atoms with E-state index in [1.165, 1.54) is 4.68 Å². The molecule has 6 nitrogen and oxygen atoms in total. The van der Waals surface area contributed by atoms with Crippen molar-refractivity contribution in [1.29, 1.82) is 0 Å². The minimum absolute atomic E-state index is 0.221. The number of aromatic nitrogens is 4. The van der Waals surface area contributed by atoms with E-state index in [1.807, 2.05) is 6.07 Å². The molecule has 2 unspecified atom stereocenters. The van der Waals surface area contributed by atoms with Crippen molar-refractivity contribution in [3.8, 4) is 0 Å². The molecule has 0 saturated carbocycles. The first-order valence-corrected chi connectivity index (χ1v) is 9.33.